The minimum Gasteiger partial charge on any atom is -0.512 e. The molecule has 2 unspecified atom stereocenters. The van der Waals surface area contributed by atoms with Crippen LogP contribution in [0.25, 0.3) is 0 Å². The molecule has 2 atom stereocenters. The Hall–Kier alpha value is -2.87. The Morgan fingerprint density at radius 3 is 2.55 bits per heavy atom. The second-order valence-electron chi connectivity index (χ2n) is 8.28. The van der Waals surface area contributed by atoms with Crippen molar-refractivity contribution in [1.82, 2.24) is 5.43 Å². The van der Waals surface area contributed by atoms with Crippen LogP contribution in [0.15, 0.2) is 41.4 Å². The smallest absolute Gasteiger partial charge is 0.336 e. The molecular formula is C23H36N4O4. The van der Waals surface area contributed by atoms with Crippen molar-refractivity contribution in [3.05, 3.63) is 41.4 Å². The third-order valence-corrected chi connectivity index (χ3v) is 5.87. The number of allylic oxidation sites excluding steroid dienone is 2. The van der Waals surface area contributed by atoms with E-state index in [-0.39, 0.29) is 23.4 Å². The summed E-state index contributed by atoms with van der Waals surface area (Å²) in [4.78, 5) is 16.4. The minimum absolute atomic E-state index is 0.0426. The van der Waals surface area contributed by atoms with E-state index in [1.165, 1.54) is 11.0 Å². The second-order valence-corrected chi connectivity index (χ2v) is 8.28. The van der Waals surface area contributed by atoms with Crippen LogP contribution in [-0.2, 0) is 0 Å². The minimum atomic E-state index is -0.487. The predicted octanol–water partition coefficient (Wildman–Crippen LogP) is 4.25. The Balaban J connectivity index is 2.48. The predicted molar refractivity (Wildman–Crippen MR) is 125 cm³/mol. The molecule has 0 saturated carbocycles. The van der Waals surface area contributed by atoms with Crippen LogP contribution in [0.2, 0.25) is 0 Å². The van der Waals surface area contributed by atoms with Gasteiger partial charge in [-0.15, -0.1) is 0 Å². The van der Waals surface area contributed by atoms with E-state index in [2.05, 4.69) is 17.2 Å². The molecule has 1 aliphatic rings. The largest absolute Gasteiger partial charge is 0.512 e. The number of hydrogen-bond acceptors (Lipinski definition) is 6. The van der Waals surface area contributed by atoms with Crippen LogP contribution in [0.5, 0.6) is 5.75 Å². The standard InChI is InChI=1S/C23H36N4O4/c1-7-10-26(5)19-11-16(8-9-22(19)31-6)27(23(30)25-24)15(4)18-12-17(14(2)3)20(28)13-21(18)29/h8-9,11,13-15,18,28-29H,7,10,12,24H2,1-6H3,(H,25,30). The highest BCUT2D eigenvalue weighted by atomic mass is 16.5. The van der Waals surface area contributed by atoms with E-state index in [9.17, 15) is 15.0 Å². The van der Waals surface area contributed by atoms with Gasteiger partial charge in [0.15, 0.2) is 0 Å². The number of urea groups is 1. The number of anilines is 2. The molecular weight excluding hydrogens is 396 g/mol. The van der Waals surface area contributed by atoms with E-state index >= 15 is 0 Å². The second kappa shape index (κ2) is 10.4. The summed E-state index contributed by atoms with van der Waals surface area (Å²) in [6.07, 6.45) is 2.79. The Kier molecular flexibility index (Phi) is 8.21. The molecule has 0 radical (unpaired) electrons. The molecule has 1 aromatic rings. The molecule has 31 heavy (non-hydrogen) atoms. The number of carbonyl (C=O) groups excluding carboxylic acids is 1. The third-order valence-electron chi connectivity index (χ3n) is 5.87. The number of nitrogens with two attached hydrogens (primary N) is 1. The lowest BCUT2D eigenvalue weighted by molar-refractivity contribution is 0.236. The van der Waals surface area contributed by atoms with Gasteiger partial charge in [-0.2, -0.15) is 0 Å². The van der Waals surface area contributed by atoms with Crippen LogP contribution >= 0.6 is 0 Å². The van der Waals surface area contributed by atoms with E-state index in [1.54, 1.807) is 13.2 Å². The van der Waals surface area contributed by atoms with Crippen molar-refractivity contribution in [2.75, 3.05) is 30.5 Å². The summed E-state index contributed by atoms with van der Waals surface area (Å²) in [6, 6.07) is 4.59. The first kappa shape index (κ1) is 24.4. The molecule has 0 fully saturated rings. The number of carbonyl (C=O) groups is 1. The average Bonchev–Trinajstić information content (AvgIpc) is 2.73. The Bertz CT molecular complexity index is 850. The van der Waals surface area contributed by atoms with Crippen LogP contribution in [0.3, 0.4) is 0 Å². The Morgan fingerprint density at radius 1 is 1.32 bits per heavy atom. The molecule has 5 N–H and O–H groups in total. The normalized spacial score (nSPS) is 17.3. The molecule has 2 amide bonds. The van der Waals surface area contributed by atoms with Gasteiger partial charge in [-0.05, 0) is 49.5 Å². The molecule has 1 aromatic carbocycles. The van der Waals surface area contributed by atoms with Gasteiger partial charge in [0, 0.05) is 37.3 Å². The molecule has 0 spiro atoms. The summed E-state index contributed by atoms with van der Waals surface area (Å²) < 4.78 is 5.51. The van der Waals surface area contributed by atoms with Crippen LogP contribution in [0.4, 0.5) is 16.2 Å². The van der Waals surface area contributed by atoms with Crippen molar-refractivity contribution in [2.45, 2.75) is 46.6 Å². The number of nitrogens with one attached hydrogen (secondary N) is 1. The molecule has 2 rings (SSSR count). The molecule has 172 valence electrons. The zero-order valence-corrected chi connectivity index (χ0v) is 19.3. The highest BCUT2D eigenvalue weighted by molar-refractivity contribution is 5.93. The maximum Gasteiger partial charge on any atom is 0.336 e. The van der Waals surface area contributed by atoms with Gasteiger partial charge in [-0.25, -0.2) is 10.6 Å². The fourth-order valence-electron chi connectivity index (χ4n) is 4.10. The van der Waals surface area contributed by atoms with Crippen LogP contribution in [0, 0.1) is 11.8 Å². The van der Waals surface area contributed by atoms with Crippen LogP contribution in [0.1, 0.15) is 40.5 Å². The number of hydrazine groups is 1. The van der Waals surface area contributed by atoms with Crippen molar-refractivity contribution in [1.29, 1.82) is 0 Å². The lowest BCUT2D eigenvalue weighted by atomic mass is 9.82. The summed E-state index contributed by atoms with van der Waals surface area (Å²) in [5, 5.41) is 20.8. The first-order valence-electron chi connectivity index (χ1n) is 10.7. The highest BCUT2D eigenvalue weighted by Crippen LogP contribution is 2.38. The lowest BCUT2D eigenvalue weighted by Crippen LogP contribution is -2.51. The number of methoxy groups -OCH3 is 1. The molecule has 0 bridgehead atoms. The fourth-order valence-corrected chi connectivity index (χ4v) is 4.10. The number of rotatable bonds is 8. The van der Waals surface area contributed by atoms with Gasteiger partial charge in [0.2, 0.25) is 0 Å². The van der Waals surface area contributed by atoms with Gasteiger partial charge >= 0.3 is 6.03 Å². The number of nitrogens with zero attached hydrogens (tertiary/aromatic N) is 2. The van der Waals surface area contributed by atoms with Gasteiger partial charge in [-0.3, -0.25) is 10.3 Å². The number of aliphatic hydroxyl groups is 2. The maximum absolute atomic E-state index is 12.8. The third kappa shape index (κ3) is 5.25. The lowest BCUT2D eigenvalue weighted by Gasteiger charge is -2.37. The quantitative estimate of drug-likeness (QED) is 0.278. The van der Waals surface area contributed by atoms with Gasteiger partial charge < -0.3 is 19.8 Å². The molecule has 8 nitrogen and oxygen atoms in total. The molecule has 0 aromatic heterocycles. The first-order valence-corrected chi connectivity index (χ1v) is 10.7. The zero-order chi connectivity index (χ0) is 23.3. The van der Waals surface area contributed by atoms with E-state index in [0.29, 0.717) is 17.9 Å². The fraction of sp³-hybridized carbons (Fsp3) is 0.522. The van der Waals surface area contributed by atoms with Gasteiger partial charge in [0.05, 0.1) is 12.8 Å². The van der Waals surface area contributed by atoms with E-state index < -0.39 is 12.1 Å². The van der Waals surface area contributed by atoms with Gasteiger partial charge in [0.25, 0.3) is 0 Å². The van der Waals surface area contributed by atoms with Crippen LogP contribution < -0.4 is 25.8 Å². The molecule has 0 aliphatic heterocycles. The summed E-state index contributed by atoms with van der Waals surface area (Å²) in [5.41, 5.74) is 4.56. The number of aliphatic hydroxyl groups excluding tert-OH is 2. The zero-order valence-electron chi connectivity index (χ0n) is 19.3. The number of benzene rings is 1. The monoisotopic (exact) mass is 432 g/mol. The topological polar surface area (TPSA) is 111 Å². The van der Waals surface area contributed by atoms with Crippen molar-refractivity contribution >= 4 is 17.4 Å². The Labute approximate surface area is 184 Å². The van der Waals surface area contributed by atoms with Gasteiger partial charge in [0.1, 0.15) is 17.3 Å². The maximum atomic E-state index is 12.8. The van der Waals surface area contributed by atoms with E-state index in [1.807, 2.05) is 40.0 Å². The summed E-state index contributed by atoms with van der Waals surface area (Å²) >= 11 is 0. The van der Waals surface area contributed by atoms with Crippen molar-refractivity contribution in [3.8, 4) is 5.75 Å². The SMILES string of the molecule is CCCN(C)c1cc(N(C(=O)NN)C(C)C2CC(C(C)C)=C(O)C=C2O)ccc1OC. The summed E-state index contributed by atoms with van der Waals surface area (Å²) in [6.45, 7) is 8.77. The van der Waals surface area contributed by atoms with Crippen LogP contribution in [-0.4, -0.2) is 43.0 Å². The highest BCUT2D eigenvalue weighted by Gasteiger charge is 2.35. The van der Waals surface area contributed by atoms with Crippen molar-refractivity contribution < 1.29 is 19.7 Å². The number of hydrogen-bond donors (Lipinski definition) is 4. The van der Waals surface area contributed by atoms with Crippen molar-refractivity contribution in [2.24, 2.45) is 17.7 Å². The van der Waals surface area contributed by atoms with E-state index in [0.717, 1.165) is 24.2 Å². The number of ether oxygens (including phenoxy) is 1. The van der Waals surface area contributed by atoms with E-state index in [4.69, 9.17) is 10.6 Å². The first-order chi connectivity index (χ1) is 14.7. The summed E-state index contributed by atoms with van der Waals surface area (Å²) in [5.74, 6) is 6.08. The molecule has 1 aliphatic carbocycles. The summed E-state index contributed by atoms with van der Waals surface area (Å²) in [7, 11) is 3.59. The average molecular weight is 433 g/mol. The molecule has 0 saturated heterocycles. The van der Waals surface area contributed by atoms with Gasteiger partial charge in [-0.1, -0.05) is 20.8 Å². The van der Waals surface area contributed by atoms with Crippen molar-refractivity contribution in [3.63, 3.8) is 0 Å². The Morgan fingerprint density at radius 2 is 2.00 bits per heavy atom. The number of amides is 2. The molecule has 8 heteroatoms. The molecule has 0 heterocycles.